The van der Waals surface area contributed by atoms with Crippen molar-refractivity contribution in [2.45, 2.75) is 25.2 Å². The van der Waals surface area contributed by atoms with Gasteiger partial charge in [0.15, 0.2) is 0 Å². The third-order valence-corrected chi connectivity index (χ3v) is 2.78. The van der Waals surface area contributed by atoms with E-state index >= 15 is 0 Å². The molecule has 0 radical (unpaired) electrons. The fourth-order valence-electron chi connectivity index (χ4n) is 1.00. The van der Waals surface area contributed by atoms with Crippen molar-refractivity contribution in [2.24, 2.45) is 0 Å². The topological polar surface area (TPSA) is 9.23 Å². The summed E-state index contributed by atoms with van der Waals surface area (Å²) < 4.78 is 5.30. The zero-order valence-electron chi connectivity index (χ0n) is 5.48. The molecule has 1 nitrogen and oxygen atoms in total. The van der Waals surface area contributed by atoms with Gasteiger partial charge in [0.1, 0.15) is 0 Å². The van der Waals surface area contributed by atoms with Crippen LogP contribution in [0, 0.1) is 0 Å². The van der Waals surface area contributed by atoms with E-state index in [9.17, 15) is 0 Å². The molecule has 2 atom stereocenters. The van der Waals surface area contributed by atoms with Gasteiger partial charge in [-0.3, -0.25) is 0 Å². The van der Waals surface area contributed by atoms with E-state index in [0.717, 1.165) is 33.1 Å². The van der Waals surface area contributed by atoms with Gasteiger partial charge in [0.2, 0.25) is 0 Å². The number of ether oxygens (including phenoxy) is 1. The summed E-state index contributed by atoms with van der Waals surface area (Å²) in [5, 5.41) is 0. The molecular weight excluding hydrogens is 119 g/mol. The molecule has 0 aromatic heterocycles. The van der Waals surface area contributed by atoms with E-state index in [0.29, 0.717) is 0 Å². The van der Waals surface area contributed by atoms with Gasteiger partial charge in [-0.15, -0.1) is 8.58 Å². The summed E-state index contributed by atoms with van der Waals surface area (Å²) in [7, 11) is 1.12. The lowest BCUT2D eigenvalue weighted by molar-refractivity contribution is 0.130. The minimum atomic E-state index is 0.818. The van der Waals surface area contributed by atoms with Crippen LogP contribution in [0.3, 0.4) is 0 Å². The highest BCUT2D eigenvalue weighted by molar-refractivity contribution is 7.39. The summed E-state index contributed by atoms with van der Waals surface area (Å²) in [4.78, 5) is 0. The van der Waals surface area contributed by atoms with Gasteiger partial charge < -0.3 is 4.74 Å². The van der Waals surface area contributed by atoms with E-state index in [1.54, 1.807) is 0 Å². The van der Waals surface area contributed by atoms with Crippen LogP contribution in [0.15, 0.2) is 0 Å². The molecule has 2 heteroatoms. The van der Waals surface area contributed by atoms with Crippen LogP contribution in [0.5, 0.6) is 0 Å². The standard InChI is InChI=1S/C6H13OP/c1-5-3-7-4-6(2)8-5/h5-6,8H,3-4H2,1-2H3. The highest BCUT2D eigenvalue weighted by Crippen LogP contribution is 2.29. The van der Waals surface area contributed by atoms with Crippen molar-refractivity contribution < 1.29 is 4.74 Å². The van der Waals surface area contributed by atoms with Crippen molar-refractivity contribution in [1.82, 2.24) is 0 Å². The molecule has 1 heterocycles. The molecule has 1 rings (SSSR count). The summed E-state index contributed by atoms with van der Waals surface area (Å²) >= 11 is 0. The largest absolute Gasteiger partial charge is 0.380 e. The smallest absolute Gasteiger partial charge is 0.0528 e. The average Bonchev–Trinajstić information content (AvgIpc) is 1.64. The summed E-state index contributed by atoms with van der Waals surface area (Å²) in [6.45, 7) is 6.49. The Morgan fingerprint density at radius 2 is 1.75 bits per heavy atom. The van der Waals surface area contributed by atoms with Crippen LogP contribution < -0.4 is 0 Å². The monoisotopic (exact) mass is 132 g/mol. The quantitative estimate of drug-likeness (QED) is 0.453. The van der Waals surface area contributed by atoms with E-state index in [1.165, 1.54) is 0 Å². The molecule has 0 N–H and O–H groups in total. The predicted octanol–water partition coefficient (Wildman–Crippen LogP) is 1.47. The van der Waals surface area contributed by atoms with Crippen LogP contribution in [-0.2, 0) is 4.74 Å². The minimum absolute atomic E-state index is 0.818. The Morgan fingerprint density at radius 1 is 1.25 bits per heavy atom. The Kier molecular flexibility index (Phi) is 2.27. The van der Waals surface area contributed by atoms with E-state index in [4.69, 9.17) is 4.74 Å². The lowest BCUT2D eigenvalue weighted by Crippen LogP contribution is -2.21. The maximum atomic E-state index is 5.30. The van der Waals surface area contributed by atoms with Crippen molar-refractivity contribution in [3.05, 3.63) is 0 Å². The van der Waals surface area contributed by atoms with Gasteiger partial charge in [0.25, 0.3) is 0 Å². The maximum Gasteiger partial charge on any atom is 0.0528 e. The molecule has 8 heavy (non-hydrogen) atoms. The first-order chi connectivity index (χ1) is 3.79. The second-order valence-corrected chi connectivity index (χ2v) is 4.81. The van der Waals surface area contributed by atoms with Gasteiger partial charge in [-0.25, -0.2) is 0 Å². The normalized spacial score (nSPS) is 42.8. The highest BCUT2D eigenvalue weighted by Gasteiger charge is 2.13. The maximum absolute atomic E-state index is 5.30. The molecule has 0 aromatic carbocycles. The van der Waals surface area contributed by atoms with Gasteiger partial charge in [0, 0.05) is 0 Å². The van der Waals surface area contributed by atoms with Gasteiger partial charge in [0.05, 0.1) is 13.2 Å². The van der Waals surface area contributed by atoms with Crippen LogP contribution in [0.1, 0.15) is 13.8 Å². The lowest BCUT2D eigenvalue weighted by Gasteiger charge is -2.23. The summed E-state index contributed by atoms with van der Waals surface area (Å²) in [5.74, 6) is 0. The van der Waals surface area contributed by atoms with E-state index in [1.807, 2.05) is 0 Å². The van der Waals surface area contributed by atoms with Crippen molar-refractivity contribution in [3.8, 4) is 0 Å². The molecule has 1 fully saturated rings. The average molecular weight is 132 g/mol. The van der Waals surface area contributed by atoms with Gasteiger partial charge in [-0.2, -0.15) is 0 Å². The van der Waals surface area contributed by atoms with Gasteiger partial charge in [-0.05, 0) is 11.3 Å². The first kappa shape index (κ1) is 6.51. The zero-order chi connectivity index (χ0) is 5.98. The minimum Gasteiger partial charge on any atom is -0.380 e. The zero-order valence-corrected chi connectivity index (χ0v) is 6.48. The third kappa shape index (κ3) is 1.72. The number of hydrogen-bond acceptors (Lipinski definition) is 1. The molecule has 0 amide bonds. The predicted molar refractivity (Wildman–Crippen MR) is 38.1 cm³/mol. The van der Waals surface area contributed by atoms with Crippen LogP contribution in [0.4, 0.5) is 0 Å². The first-order valence-electron chi connectivity index (χ1n) is 3.13. The highest BCUT2D eigenvalue weighted by atomic mass is 31.1. The molecule has 2 unspecified atom stereocenters. The fraction of sp³-hybridized carbons (Fsp3) is 1.00. The number of hydrogen-bond donors (Lipinski definition) is 0. The van der Waals surface area contributed by atoms with Gasteiger partial charge >= 0.3 is 0 Å². The Bertz CT molecular complexity index is 66.9. The van der Waals surface area contributed by atoms with Crippen molar-refractivity contribution in [3.63, 3.8) is 0 Å². The Balaban J connectivity index is 2.23. The van der Waals surface area contributed by atoms with E-state index in [-0.39, 0.29) is 0 Å². The van der Waals surface area contributed by atoms with Crippen molar-refractivity contribution in [1.29, 1.82) is 0 Å². The van der Waals surface area contributed by atoms with Crippen molar-refractivity contribution >= 4 is 8.58 Å². The summed E-state index contributed by atoms with van der Waals surface area (Å²) in [6.07, 6.45) is 0. The van der Waals surface area contributed by atoms with Gasteiger partial charge in [-0.1, -0.05) is 13.8 Å². The van der Waals surface area contributed by atoms with Crippen LogP contribution >= 0.6 is 8.58 Å². The van der Waals surface area contributed by atoms with Crippen LogP contribution in [0.25, 0.3) is 0 Å². The SMILES string of the molecule is CC1COCC(C)P1. The summed E-state index contributed by atoms with van der Waals surface area (Å²) in [6, 6.07) is 0. The fourth-order valence-corrected chi connectivity index (χ4v) is 2.40. The van der Waals surface area contributed by atoms with Crippen molar-refractivity contribution in [2.75, 3.05) is 13.2 Å². The molecule has 0 aromatic rings. The molecular formula is C6H13OP. The summed E-state index contributed by atoms with van der Waals surface area (Å²) in [5.41, 5.74) is 1.64. The lowest BCUT2D eigenvalue weighted by atomic mass is 10.4. The molecule has 0 saturated carbocycles. The molecule has 1 aliphatic rings. The van der Waals surface area contributed by atoms with E-state index in [2.05, 4.69) is 13.8 Å². The number of rotatable bonds is 0. The van der Waals surface area contributed by atoms with Crippen LogP contribution in [0.2, 0.25) is 0 Å². The second-order valence-electron chi connectivity index (χ2n) is 2.51. The molecule has 0 aliphatic carbocycles. The molecule has 48 valence electrons. The Hall–Kier alpha value is 0.390. The third-order valence-electron chi connectivity index (χ3n) is 1.30. The molecule has 1 saturated heterocycles. The Labute approximate surface area is 52.6 Å². The molecule has 1 aliphatic heterocycles. The second kappa shape index (κ2) is 2.80. The van der Waals surface area contributed by atoms with E-state index < -0.39 is 0 Å². The molecule has 0 spiro atoms. The molecule has 0 bridgehead atoms. The Morgan fingerprint density at radius 3 is 2.00 bits per heavy atom. The van der Waals surface area contributed by atoms with Crippen LogP contribution in [-0.4, -0.2) is 24.5 Å². The first-order valence-corrected chi connectivity index (χ1v) is 4.28.